The van der Waals surface area contributed by atoms with Crippen molar-refractivity contribution < 1.29 is 27.9 Å². The third-order valence-electron chi connectivity index (χ3n) is 3.83. The Balaban J connectivity index is 2.17. The van der Waals surface area contributed by atoms with Gasteiger partial charge in [0.25, 0.3) is 0 Å². The zero-order valence-electron chi connectivity index (χ0n) is 13.1. The second-order valence-corrected chi connectivity index (χ2v) is 7.24. The van der Waals surface area contributed by atoms with Crippen LogP contribution in [0.15, 0.2) is 23.1 Å². The number of likely N-dealkylation sites (tertiary alicyclic amines) is 1. The van der Waals surface area contributed by atoms with Crippen molar-refractivity contribution in [2.45, 2.75) is 18.0 Å². The quantitative estimate of drug-likeness (QED) is 0.749. The molecular weight excluding hydrogens is 381 g/mol. The molecule has 1 aromatic rings. The van der Waals surface area contributed by atoms with Gasteiger partial charge in [0, 0.05) is 23.0 Å². The maximum Gasteiger partial charge on any atom is 0.394 e. The van der Waals surface area contributed by atoms with Gasteiger partial charge in [0.2, 0.25) is 0 Å². The molecule has 0 radical (unpaired) electrons. The number of hydrogen-bond acceptors (Lipinski definition) is 3. The fourth-order valence-electron chi connectivity index (χ4n) is 2.63. The van der Waals surface area contributed by atoms with Crippen molar-refractivity contribution in [3.05, 3.63) is 23.2 Å². The van der Waals surface area contributed by atoms with Gasteiger partial charge < -0.3 is 15.3 Å². The van der Waals surface area contributed by atoms with Gasteiger partial charge in [0.1, 0.15) is 0 Å². The molecule has 1 fully saturated rings. The number of aliphatic carboxylic acids is 1. The number of rotatable bonds is 4. The van der Waals surface area contributed by atoms with Gasteiger partial charge >= 0.3 is 18.2 Å². The SMILES string of the molecule is CCSc1ccc(Cl)cc1NC(=O)N1C[C@@H](C(F)(F)F)[C@H](C(=O)O)C1. The average Bonchev–Trinajstić information content (AvgIpc) is 2.96. The third-order valence-corrected chi connectivity index (χ3v) is 5.02. The predicted octanol–water partition coefficient (Wildman–Crippen LogP) is 4.18. The van der Waals surface area contributed by atoms with E-state index in [9.17, 15) is 22.8 Å². The number of nitrogens with zero attached hydrogens (tertiary/aromatic N) is 1. The Hall–Kier alpha value is -1.61. The van der Waals surface area contributed by atoms with Crippen molar-refractivity contribution in [1.29, 1.82) is 0 Å². The number of alkyl halides is 3. The number of benzene rings is 1. The predicted molar refractivity (Wildman–Crippen MR) is 89.1 cm³/mol. The second kappa shape index (κ2) is 7.74. The Morgan fingerprint density at radius 1 is 1.40 bits per heavy atom. The van der Waals surface area contributed by atoms with Crippen LogP contribution in [0.5, 0.6) is 0 Å². The van der Waals surface area contributed by atoms with Gasteiger partial charge in [-0.1, -0.05) is 18.5 Å². The first kappa shape index (κ1) is 19.7. The number of halogens is 4. The van der Waals surface area contributed by atoms with Crippen LogP contribution in [0.2, 0.25) is 5.02 Å². The van der Waals surface area contributed by atoms with Crippen LogP contribution in [0.1, 0.15) is 6.92 Å². The number of carboxylic acids is 1. The maximum atomic E-state index is 13.0. The molecule has 5 nitrogen and oxygen atoms in total. The number of urea groups is 1. The Labute approximate surface area is 151 Å². The van der Waals surface area contributed by atoms with Crippen molar-refractivity contribution in [1.82, 2.24) is 4.90 Å². The van der Waals surface area contributed by atoms with Gasteiger partial charge in [0.15, 0.2) is 0 Å². The number of thioether (sulfide) groups is 1. The van der Waals surface area contributed by atoms with Gasteiger partial charge in [-0.15, -0.1) is 11.8 Å². The van der Waals surface area contributed by atoms with Crippen LogP contribution in [-0.4, -0.2) is 47.0 Å². The monoisotopic (exact) mass is 396 g/mol. The summed E-state index contributed by atoms with van der Waals surface area (Å²) in [4.78, 5) is 25.0. The normalized spacial score (nSPS) is 20.6. The van der Waals surface area contributed by atoms with E-state index in [1.54, 1.807) is 12.1 Å². The molecule has 25 heavy (non-hydrogen) atoms. The lowest BCUT2D eigenvalue weighted by atomic mass is 9.96. The Bertz CT molecular complexity index is 672. The summed E-state index contributed by atoms with van der Waals surface area (Å²) in [5.74, 6) is -4.59. The zero-order chi connectivity index (χ0) is 18.8. The Morgan fingerprint density at radius 3 is 2.60 bits per heavy atom. The minimum Gasteiger partial charge on any atom is -0.481 e. The van der Waals surface area contributed by atoms with E-state index in [-0.39, 0.29) is 0 Å². The van der Waals surface area contributed by atoms with Gasteiger partial charge in [-0.3, -0.25) is 4.79 Å². The van der Waals surface area contributed by atoms with Crippen molar-refractivity contribution in [2.24, 2.45) is 11.8 Å². The van der Waals surface area contributed by atoms with Crippen LogP contribution in [0.3, 0.4) is 0 Å². The lowest BCUT2D eigenvalue weighted by molar-refractivity contribution is -0.187. The summed E-state index contributed by atoms with van der Waals surface area (Å²) in [6, 6.07) is 4.07. The van der Waals surface area contributed by atoms with Crippen LogP contribution in [0, 0.1) is 11.8 Å². The maximum absolute atomic E-state index is 13.0. The lowest BCUT2D eigenvalue weighted by Gasteiger charge is -2.19. The number of carbonyl (C=O) groups excluding carboxylic acids is 1. The molecule has 2 amide bonds. The molecule has 0 unspecified atom stereocenters. The number of anilines is 1. The molecule has 138 valence electrons. The van der Waals surface area contributed by atoms with Gasteiger partial charge in [-0.05, 0) is 24.0 Å². The van der Waals surface area contributed by atoms with Crippen molar-refractivity contribution in [3.8, 4) is 0 Å². The highest BCUT2D eigenvalue weighted by molar-refractivity contribution is 7.99. The summed E-state index contributed by atoms with van der Waals surface area (Å²) in [6.45, 7) is 0.724. The van der Waals surface area contributed by atoms with Crippen molar-refractivity contribution in [2.75, 3.05) is 24.2 Å². The summed E-state index contributed by atoms with van der Waals surface area (Å²) < 4.78 is 39.0. The van der Waals surface area contributed by atoms with Crippen LogP contribution in [0.4, 0.5) is 23.7 Å². The highest BCUT2D eigenvalue weighted by atomic mass is 35.5. The fourth-order valence-corrected chi connectivity index (χ4v) is 3.54. The highest BCUT2D eigenvalue weighted by Gasteiger charge is 2.53. The molecule has 1 aliphatic heterocycles. The molecule has 0 aliphatic carbocycles. The standard InChI is InChI=1S/C15H16ClF3N2O3S/c1-2-25-12-4-3-8(16)5-11(12)20-14(24)21-6-9(13(22)23)10(7-21)15(17,18)19/h3-5,9-10H,2,6-7H2,1H3,(H,20,24)(H,22,23)/t9-,10-/m1/s1. The summed E-state index contributed by atoms with van der Waals surface area (Å²) in [5, 5.41) is 11.9. The number of amides is 2. The molecule has 1 saturated heterocycles. The molecule has 10 heteroatoms. The van der Waals surface area contributed by atoms with Gasteiger partial charge in [-0.25, -0.2) is 4.79 Å². The third kappa shape index (κ3) is 4.72. The second-order valence-electron chi connectivity index (χ2n) is 5.50. The molecule has 0 spiro atoms. The molecule has 1 heterocycles. The number of carboxylic acid groups (broad SMARTS) is 1. The number of nitrogens with one attached hydrogen (secondary N) is 1. The van der Waals surface area contributed by atoms with Crippen LogP contribution in [-0.2, 0) is 4.79 Å². The summed E-state index contributed by atoms with van der Waals surface area (Å²) in [7, 11) is 0. The van der Waals surface area contributed by atoms with E-state index in [0.29, 0.717) is 10.7 Å². The minimum atomic E-state index is -4.68. The summed E-state index contributed by atoms with van der Waals surface area (Å²) >= 11 is 7.35. The van der Waals surface area contributed by atoms with E-state index >= 15 is 0 Å². The van der Waals surface area contributed by atoms with E-state index in [0.717, 1.165) is 15.5 Å². The summed E-state index contributed by atoms with van der Waals surface area (Å²) in [5.41, 5.74) is 0.381. The molecule has 1 aliphatic rings. The summed E-state index contributed by atoms with van der Waals surface area (Å²) in [6.07, 6.45) is -4.68. The van der Waals surface area contributed by atoms with Gasteiger partial charge in [0.05, 0.1) is 17.5 Å². The molecular formula is C15H16ClF3N2O3S. The first-order valence-corrected chi connectivity index (χ1v) is 8.77. The fraction of sp³-hybridized carbons (Fsp3) is 0.467. The van der Waals surface area contributed by atoms with Crippen LogP contribution < -0.4 is 5.32 Å². The van der Waals surface area contributed by atoms with Crippen LogP contribution in [0.25, 0.3) is 0 Å². The van der Waals surface area contributed by atoms with E-state index in [4.69, 9.17) is 16.7 Å². The topological polar surface area (TPSA) is 69.6 Å². The minimum absolute atomic E-state index is 0.369. The molecule has 2 rings (SSSR count). The van der Waals surface area contributed by atoms with E-state index in [2.05, 4.69) is 5.32 Å². The van der Waals surface area contributed by atoms with Crippen molar-refractivity contribution in [3.63, 3.8) is 0 Å². The molecule has 1 aromatic carbocycles. The Kier molecular flexibility index (Phi) is 6.10. The molecule has 2 N–H and O–H groups in total. The molecule has 0 bridgehead atoms. The smallest absolute Gasteiger partial charge is 0.394 e. The number of hydrogen-bond donors (Lipinski definition) is 2. The van der Waals surface area contributed by atoms with E-state index in [1.165, 1.54) is 17.8 Å². The lowest BCUT2D eigenvalue weighted by Crippen LogP contribution is -2.35. The molecule has 0 aromatic heterocycles. The van der Waals surface area contributed by atoms with E-state index < -0.39 is 43.1 Å². The van der Waals surface area contributed by atoms with Crippen molar-refractivity contribution >= 4 is 41.1 Å². The first-order chi connectivity index (χ1) is 11.6. The van der Waals surface area contributed by atoms with E-state index in [1.807, 2.05) is 6.92 Å². The average molecular weight is 397 g/mol. The number of carbonyl (C=O) groups is 2. The van der Waals surface area contributed by atoms with Crippen LogP contribution >= 0.6 is 23.4 Å². The Morgan fingerprint density at radius 2 is 2.08 bits per heavy atom. The largest absolute Gasteiger partial charge is 0.481 e. The first-order valence-electron chi connectivity index (χ1n) is 7.41. The highest BCUT2D eigenvalue weighted by Crippen LogP contribution is 2.38. The van der Waals surface area contributed by atoms with Gasteiger partial charge in [-0.2, -0.15) is 13.2 Å². The molecule has 2 atom stereocenters. The zero-order valence-corrected chi connectivity index (χ0v) is 14.7. The molecule has 0 saturated carbocycles.